The minimum Gasteiger partial charge on any atom is -0.307 e. The lowest BCUT2D eigenvalue weighted by Crippen LogP contribution is -2.30. The average molecular weight is 378 g/mol. The van der Waals surface area contributed by atoms with E-state index < -0.39 is 0 Å². The molecule has 0 bridgehead atoms. The van der Waals surface area contributed by atoms with E-state index in [-0.39, 0.29) is 11.8 Å². The summed E-state index contributed by atoms with van der Waals surface area (Å²) in [4.78, 5) is 17.9. The standard InChI is InChI=1S/C21H26N6O/c1-26-19-13-14(11-12-17(19)24-25-26)20(28)23-21-22-16-9-5-6-10-18(16)27(21)15-7-3-2-4-8-15/h5-6,9-10,14-15H,2-4,7-8,11-13H2,1H3,(H,22,23,28). The summed E-state index contributed by atoms with van der Waals surface area (Å²) in [6.07, 6.45) is 8.38. The minimum absolute atomic E-state index is 0.0548. The Bertz CT molecular complexity index is 1010. The summed E-state index contributed by atoms with van der Waals surface area (Å²) in [5, 5.41) is 11.5. The van der Waals surface area contributed by atoms with E-state index in [0.29, 0.717) is 18.4 Å². The van der Waals surface area contributed by atoms with E-state index in [9.17, 15) is 4.79 Å². The van der Waals surface area contributed by atoms with Gasteiger partial charge in [-0.3, -0.25) is 14.8 Å². The first-order chi connectivity index (χ1) is 13.7. The molecular weight excluding hydrogens is 352 g/mol. The smallest absolute Gasteiger partial charge is 0.230 e. The lowest BCUT2D eigenvalue weighted by atomic mass is 9.89. The summed E-state index contributed by atoms with van der Waals surface area (Å²) in [6.45, 7) is 0. The zero-order valence-electron chi connectivity index (χ0n) is 16.3. The molecule has 1 N–H and O–H groups in total. The van der Waals surface area contributed by atoms with Crippen molar-refractivity contribution < 1.29 is 4.79 Å². The maximum Gasteiger partial charge on any atom is 0.230 e. The van der Waals surface area contributed by atoms with Crippen LogP contribution in [-0.4, -0.2) is 30.5 Å². The Balaban J connectivity index is 1.43. The van der Waals surface area contributed by atoms with Gasteiger partial charge in [-0.05, 0) is 37.8 Å². The molecule has 2 aliphatic carbocycles. The van der Waals surface area contributed by atoms with Gasteiger partial charge in [-0.1, -0.05) is 36.6 Å². The Morgan fingerprint density at radius 2 is 1.96 bits per heavy atom. The van der Waals surface area contributed by atoms with Gasteiger partial charge in [0, 0.05) is 25.4 Å². The normalized spacial score (nSPS) is 20.2. The molecule has 0 radical (unpaired) electrons. The van der Waals surface area contributed by atoms with Crippen LogP contribution in [0.4, 0.5) is 5.95 Å². The Morgan fingerprint density at radius 3 is 2.82 bits per heavy atom. The minimum atomic E-state index is -0.0654. The number of benzene rings is 1. The van der Waals surface area contributed by atoms with Crippen LogP contribution in [0.15, 0.2) is 24.3 Å². The van der Waals surface area contributed by atoms with Crippen molar-refractivity contribution in [3.8, 4) is 0 Å². The number of aryl methyl sites for hydroxylation is 2. The fourth-order valence-corrected chi connectivity index (χ4v) is 4.79. The van der Waals surface area contributed by atoms with Crippen LogP contribution in [0.1, 0.15) is 56.0 Å². The molecule has 7 nitrogen and oxygen atoms in total. The number of nitrogens with one attached hydrogen (secondary N) is 1. The van der Waals surface area contributed by atoms with Crippen molar-refractivity contribution in [2.45, 2.75) is 57.4 Å². The number of carbonyl (C=O) groups excluding carboxylic acids is 1. The number of para-hydroxylation sites is 2. The van der Waals surface area contributed by atoms with Gasteiger partial charge in [0.1, 0.15) is 0 Å². The summed E-state index contributed by atoms with van der Waals surface area (Å²) in [5.74, 6) is 0.690. The Morgan fingerprint density at radius 1 is 1.14 bits per heavy atom. The zero-order chi connectivity index (χ0) is 19.1. The lowest BCUT2D eigenvalue weighted by molar-refractivity contribution is -0.120. The molecule has 2 heterocycles. The first kappa shape index (κ1) is 17.4. The predicted molar refractivity (Wildman–Crippen MR) is 107 cm³/mol. The topological polar surface area (TPSA) is 77.6 Å². The molecule has 1 aromatic carbocycles. The summed E-state index contributed by atoms with van der Waals surface area (Å²) < 4.78 is 4.07. The molecule has 5 rings (SSSR count). The number of aromatic nitrogens is 5. The molecule has 28 heavy (non-hydrogen) atoms. The van der Waals surface area contributed by atoms with Crippen LogP contribution in [0, 0.1) is 5.92 Å². The molecule has 0 aliphatic heterocycles. The monoisotopic (exact) mass is 378 g/mol. The van der Waals surface area contributed by atoms with Gasteiger partial charge in [-0.15, -0.1) is 5.10 Å². The van der Waals surface area contributed by atoms with Gasteiger partial charge in [-0.25, -0.2) is 4.98 Å². The quantitative estimate of drug-likeness (QED) is 0.758. The van der Waals surface area contributed by atoms with Gasteiger partial charge in [0.15, 0.2) is 0 Å². The van der Waals surface area contributed by atoms with Crippen LogP contribution in [0.2, 0.25) is 0 Å². The van der Waals surface area contributed by atoms with Crippen LogP contribution in [0.3, 0.4) is 0 Å². The number of amides is 1. The second-order valence-corrected chi connectivity index (χ2v) is 8.12. The van der Waals surface area contributed by atoms with Gasteiger partial charge in [0.25, 0.3) is 0 Å². The molecule has 1 amide bonds. The largest absolute Gasteiger partial charge is 0.307 e. The molecule has 0 spiro atoms. The highest BCUT2D eigenvalue weighted by molar-refractivity contribution is 5.93. The van der Waals surface area contributed by atoms with Crippen LogP contribution < -0.4 is 5.32 Å². The molecule has 1 atom stereocenters. The van der Waals surface area contributed by atoms with E-state index in [2.05, 4.69) is 26.3 Å². The summed E-state index contributed by atoms with van der Waals surface area (Å²) in [7, 11) is 1.90. The fourth-order valence-electron chi connectivity index (χ4n) is 4.79. The molecule has 2 aromatic heterocycles. The number of imidazole rings is 1. The van der Waals surface area contributed by atoms with Crippen molar-refractivity contribution in [3.05, 3.63) is 35.7 Å². The number of anilines is 1. The SMILES string of the molecule is Cn1nnc2c1CC(C(=O)Nc1nc3ccccc3n1C1CCCCC1)CC2. The second-order valence-electron chi connectivity index (χ2n) is 8.12. The van der Waals surface area contributed by atoms with E-state index >= 15 is 0 Å². The molecule has 1 unspecified atom stereocenters. The van der Waals surface area contributed by atoms with E-state index in [4.69, 9.17) is 4.98 Å². The number of carbonyl (C=O) groups is 1. The van der Waals surface area contributed by atoms with E-state index in [0.717, 1.165) is 48.1 Å². The molecule has 0 saturated heterocycles. The maximum absolute atomic E-state index is 13.1. The van der Waals surface area contributed by atoms with E-state index in [1.54, 1.807) is 4.68 Å². The van der Waals surface area contributed by atoms with Crippen molar-refractivity contribution in [3.63, 3.8) is 0 Å². The Labute approximate surface area is 164 Å². The number of rotatable bonds is 3. The number of hydrogen-bond acceptors (Lipinski definition) is 4. The van der Waals surface area contributed by atoms with Crippen LogP contribution in [0.5, 0.6) is 0 Å². The highest BCUT2D eigenvalue weighted by Gasteiger charge is 2.30. The van der Waals surface area contributed by atoms with Gasteiger partial charge >= 0.3 is 0 Å². The number of nitrogens with zero attached hydrogens (tertiary/aromatic N) is 5. The highest BCUT2D eigenvalue weighted by Crippen LogP contribution is 2.34. The predicted octanol–water partition coefficient (Wildman–Crippen LogP) is 3.41. The van der Waals surface area contributed by atoms with Crippen LogP contribution in [-0.2, 0) is 24.7 Å². The van der Waals surface area contributed by atoms with Crippen molar-refractivity contribution in [2.75, 3.05) is 5.32 Å². The van der Waals surface area contributed by atoms with Crippen molar-refractivity contribution in [2.24, 2.45) is 13.0 Å². The number of fused-ring (bicyclic) bond motifs is 2. The molecule has 3 aromatic rings. The molecule has 146 valence electrons. The van der Waals surface area contributed by atoms with Crippen molar-refractivity contribution in [1.82, 2.24) is 24.5 Å². The maximum atomic E-state index is 13.1. The van der Waals surface area contributed by atoms with Crippen molar-refractivity contribution in [1.29, 1.82) is 0 Å². The Kier molecular flexibility index (Phi) is 4.37. The molecule has 2 aliphatic rings. The van der Waals surface area contributed by atoms with E-state index in [1.807, 2.05) is 25.2 Å². The van der Waals surface area contributed by atoms with Gasteiger partial charge < -0.3 is 4.57 Å². The second kappa shape index (κ2) is 7.04. The fraction of sp³-hybridized carbons (Fsp3) is 0.524. The van der Waals surface area contributed by atoms with Crippen LogP contribution in [0.25, 0.3) is 11.0 Å². The van der Waals surface area contributed by atoms with Gasteiger partial charge in [0.2, 0.25) is 11.9 Å². The summed E-state index contributed by atoms with van der Waals surface area (Å²) in [6, 6.07) is 8.60. The zero-order valence-corrected chi connectivity index (χ0v) is 16.3. The van der Waals surface area contributed by atoms with Gasteiger partial charge in [-0.2, -0.15) is 0 Å². The number of hydrogen-bond donors (Lipinski definition) is 1. The summed E-state index contributed by atoms with van der Waals surface area (Å²) in [5.41, 5.74) is 4.17. The first-order valence-corrected chi connectivity index (χ1v) is 10.4. The molecule has 1 fully saturated rings. The molecule has 7 heteroatoms. The third-order valence-corrected chi connectivity index (χ3v) is 6.33. The summed E-state index contributed by atoms with van der Waals surface area (Å²) >= 11 is 0. The third-order valence-electron chi connectivity index (χ3n) is 6.33. The third kappa shape index (κ3) is 2.99. The van der Waals surface area contributed by atoms with E-state index in [1.165, 1.54) is 19.3 Å². The first-order valence-electron chi connectivity index (χ1n) is 10.4. The van der Waals surface area contributed by atoms with Gasteiger partial charge in [0.05, 0.1) is 22.4 Å². The molecule has 1 saturated carbocycles. The molecular formula is C21H26N6O. The average Bonchev–Trinajstić information content (AvgIpc) is 3.28. The van der Waals surface area contributed by atoms with Crippen molar-refractivity contribution >= 4 is 22.9 Å². The van der Waals surface area contributed by atoms with Crippen LogP contribution >= 0.6 is 0 Å². The lowest BCUT2D eigenvalue weighted by Gasteiger charge is -2.26. The highest BCUT2D eigenvalue weighted by atomic mass is 16.2. The Hall–Kier alpha value is -2.70.